The van der Waals surface area contributed by atoms with Crippen molar-refractivity contribution in [3.05, 3.63) is 76.6 Å². The summed E-state index contributed by atoms with van der Waals surface area (Å²) in [6.45, 7) is -0.144. The number of nitro groups is 1. The van der Waals surface area contributed by atoms with Crippen molar-refractivity contribution in [2.24, 2.45) is 0 Å². The van der Waals surface area contributed by atoms with Crippen LogP contribution in [0.2, 0.25) is 0 Å². The normalized spacial score (nSPS) is 12.8. The van der Waals surface area contributed by atoms with Crippen LogP contribution in [-0.2, 0) is 16.0 Å². The molecule has 0 atom stereocenters. The number of aromatic nitrogens is 2. The van der Waals surface area contributed by atoms with Crippen molar-refractivity contribution in [3.63, 3.8) is 0 Å². The second-order valence-corrected chi connectivity index (χ2v) is 6.86. The Morgan fingerprint density at radius 3 is 2.77 bits per heavy atom. The minimum absolute atomic E-state index is 0.184. The topological polar surface area (TPSA) is 120 Å². The summed E-state index contributed by atoms with van der Waals surface area (Å²) in [6.07, 6.45) is 2.37. The number of hydrogen-bond acceptors (Lipinski definition) is 6. The number of carbonyl (C=O) groups is 2. The van der Waals surface area contributed by atoms with Crippen molar-refractivity contribution >= 4 is 23.2 Å². The van der Waals surface area contributed by atoms with Gasteiger partial charge in [-0.2, -0.15) is 5.10 Å². The fraction of sp³-hybridized carbons (Fsp3) is 0.190. The van der Waals surface area contributed by atoms with E-state index in [4.69, 9.17) is 4.74 Å². The van der Waals surface area contributed by atoms with Crippen LogP contribution in [0.15, 0.2) is 60.8 Å². The Bertz CT molecular complexity index is 1130. The van der Waals surface area contributed by atoms with Gasteiger partial charge in [0.05, 0.1) is 22.0 Å². The van der Waals surface area contributed by atoms with Crippen molar-refractivity contribution in [1.29, 1.82) is 0 Å². The van der Waals surface area contributed by atoms with E-state index >= 15 is 0 Å². The van der Waals surface area contributed by atoms with Crippen molar-refractivity contribution < 1.29 is 19.2 Å². The van der Waals surface area contributed by atoms with Crippen LogP contribution in [0.25, 0.3) is 5.69 Å². The number of anilines is 1. The highest BCUT2D eigenvalue weighted by atomic mass is 16.6. The molecular formula is C21H19N5O5. The monoisotopic (exact) mass is 421 g/mol. The Morgan fingerprint density at radius 2 is 2.00 bits per heavy atom. The van der Waals surface area contributed by atoms with Crippen LogP contribution in [-0.4, -0.2) is 46.2 Å². The molecule has 4 rings (SSSR count). The highest BCUT2D eigenvalue weighted by molar-refractivity contribution is 6.02. The number of ether oxygens (including phenoxy) is 1. The quantitative estimate of drug-likeness (QED) is 0.459. The summed E-state index contributed by atoms with van der Waals surface area (Å²) in [6, 6.07) is 15.5. The first-order valence-electron chi connectivity index (χ1n) is 9.59. The number of carbonyl (C=O) groups excluding carboxylic acids is 2. The van der Waals surface area contributed by atoms with Gasteiger partial charge in [0, 0.05) is 31.3 Å². The minimum Gasteiger partial charge on any atom is -0.482 e. The van der Waals surface area contributed by atoms with Gasteiger partial charge in [-0.1, -0.05) is 18.2 Å². The molecule has 31 heavy (non-hydrogen) atoms. The third-order valence-corrected chi connectivity index (χ3v) is 4.77. The number of nitrogens with one attached hydrogen (secondary N) is 1. The number of non-ortho nitro benzene ring substituents is 1. The van der Waals surface area contributed by atoms with Crippen LogP contribution in [0, 0.1) is 10.1 Å². The number of fused-ring (bicyclic) bond motifs is 1. The zero-order valence-corrected chi connectivity index (χ0v) is 16.4. The summed E-state index contributed by atoms with van der Waals surface area (Å²) in [5.74, 6) is -0.496. The number of rotatable bonds is 7. The van der Waals surface area contributed by atoms with Gasteiger partial charge in [-0.25, -0.2) is 4.68 Å². The van der Waals surface area contributed by atoms with Crippen molar-refractivity contribution in [2.45, 2.75) is 6.42 Å². The summed E-state index contributed by atoms with van der Waals surface area (Å²) in [4.78, 5) is 36.3. The number of nitro benzene ring substituents is 1. The van der Waals surface area contributed by atoms with E-state index < -0.39 is 10.8 Å². The van der Waals surface area contributed by atoms with Crippen molar-refractivity contribution in [1.82, 2.24) is 15.1 Å². The molecule has 1 aliphatic heterocycles. The fourth-order valence-corrected chi connectivity index (χ4v) is 3.23. The van der Waals surface area contributed by atoms with Gasteiger partial charge in [-0.05, 0) is 24.3 Å². The predicted molar refractivity (Wildman–Crippen MR) is 111 cm³/mol. The maximum Gasteiger partial charge on any atom is 0.271 e. The summed E-state index contributed by atoms with van der Waals surface area (Å²) in [7, 11) is 0. The van der Waals surface area contributed by atoms with Gasteiger partial charge in [0.15, 0.2) is 6.61 Å². The third-order valence-electron chi connectivity index (χ3n) is 4.77. The van der Waals surface area contributed by atoms with Crippen molar-refractivity contribution in [2.75, 3.05) is 24.6 Å². The van der Waals surface area contributed by atoms with Gasteiger partial charge in [0.25, 0.3) is 11.6 Å². The Morgan fingerprint density at radius 1 is 1.19 bits per heavy atom. The first-order chi connectivity index (χ1) is 15.0. The standard InChI is InChI=1S/C21H19N5O5/c27-20(22-10-8-15-9-11-25(23-15)16-4-2-1-3-5-16)13-24-18-12-17(26(29)30)6-7-19(18)31-14-21(24)28/h1-7,9,11-12H,8,10,13-14H2,(H,22,27). The maximum atomic E-state index is 12.4. The Kier molecular flexibility index (Phi) is 5.61. The van der Waals surface area contributed by atoms with Gasteiger partial charge in [-0.3, -0.25) is 24.6 Å². The Balaban J connectivity index is 1.35. The molecule has 0 aliphatic carbocycles. The Labute approximate surface area is 177 Å². The van der Waals surface area contributed by atoms with E-state index in [-0.39, 0.29) is 30.4 Å². The lowest BCUT2D eigenvalue weighted by molar-refractivity contribution is -0.384. The molecule has 2 aromatic carbocycles. The molecule has 0 spiro atoms. The van der Waals surface area contributed by atoms with Crippen LogP contribution in [0.4, 0.5) is 11.4 Å². The summed E-state index contributed by atoms with van der Waals surface area (Å²) in [5, 5.41) is 18.3. The average molecular weight is 421 g/mol. The van der Waals surface area contributed by atoms with Gasteiger partial charge < -0.3 is 10.1 Å². The van der Waals surface area contributed by atoms with E-state index in [0.717, 1.165) is 11.4 Å². The van der Waals surface area contributed by atoms with Gasteiger partial charge >= 0.3 is 0 Å². The minimum atomic E-state index is -0.563. The first-order valence-corrected chi connectivity index (χ1v) is 9.59. The molecule has 0 saturated carbocycles. The molecule has 1 aromatic heterocycles. The van der Waals surface area contributed by atoms with Gasteiger partial charge in [0.1, 0.15) is 12.3 Å². The SMILES string of the molecule is O=C(CN1C(=O)COc2ccc([N+](=O)[O-])cc21)NCCc1ccn(-c2ccccc2)n1. The summed E-state index contributed by atoms with van der Waals surface area (Å²) < 4.78 is 7.06. The average Bonchev–Trinajstić information content (AvgIpc) is 3.25. The third kappa shape index (κ3) is 4.53. The number of nitrogens with zero attached hydrogens (tertiary/aromatic N) is 4. The molecule has 0 fully saturated rings. The predicted octanol–water partition coefficient (Wildman–Crippen LogP) is 1.86. The molecule has 0 bridgehead atoms. The molecule has 1 aliphatic rings. The molecule has 10 nitrogen and oxygen atoms in total. The molecule has 0 saturated heterocycles. The van der Waals surface area contributed by atoms with Gasteiger partial charge in [-0.15, -0.1) is 0 Å². The van der Waals surface area contributed by atoms with E-state index in [2.05, 4.69) is 10.4 Å². The highest BCUT2D eigenvalue weighted by Crippen LogP contribution is 2.35. The maximum absolute atomic E-state index is 12.4. The second kappa shape index (κ2) is 8.66. The first kappa shape index (κ1) is 20.1. The molecule has 0 unspecified atom stereocenters. The van der Waals surface area contributed by atoms with E-state index in [1.54, 1.807) is 4.68 Å². The molecule has 158 valence electrons. The zero-order chi connectivity index (χ0) is 21.8. The number of benzene rings is 2. The highest BCUT2D eigenvalue weighted by Gasteiger charge is 2.29. The zero-order valence-electron chi connectivity index (χ0n) is 16.4. The largest absolute Gasteiger partial charge is 0.482 e. The number of hydrogen-bond donors (Lipinski definition) is 1. The van der Waals surface area contributed by atoms with E-state index in [1.807, 2.05) is 42.6 Å². The number of para-hydroxylation sites is 1. The molecule has 10 heteroatoms. The van der Waals surface area contributed by atoms with Crippen LogP contribution in [0.5, 0.6) is 5.75 Å². The summed E-state index contributed by atoms with van der Waals surface area (Å²) >= 11 is 0. The Hall–Kier alpha value is -4.21. The molecule has 3 aromatic rings. The molecule has 2 heterocycles. The van der Waals surface area contributed by atoms with Crippen LogP contribution in [0.1, 0.15) is 5.69 Å². The van der Waals surface area contributed by atoms with E-state index in [9.17, 15) is 19.7 Å². The van der Waals surface area contributed by atoms with E-state index in [1.165, 1.54) is 23.1 Å². The smallest absolute Gasteiger partial charge is 0.271 e. The number of amides is 2. The lowest BCUT2D eigenvalue weighted by Crippen LogP contribution is -2.45. The lowest BCUT2D eigenvalue weighted by Gasteiger charge is -2.28. The van der Waals surface area contributed by atoms with E-state index in [0.29, 0.717) is 18.7 Å². The van der Waals surface area contributed by atoms with Crippen LogP contribution >= 0.6 is 0 Å². The molecule has 0 radical (unpaired) electrons. The fourth-order valence-electron chi connectivity index (χ4n) is 3.23. The molecule has 2 amide bonds. The second-order valence-electron chi connectivity index (χ2n) is 6.86. The van der Waals surface area contributed by atoms with Crippen molar-refractivity contribution in [3.8, 4) is 11.4 Å². The van der Waals surface area contributed by atoms with Gasteiger partial charge in [0.2, 0.25) is 5.91 Å². The molecule has 1 N–H and O–H groups in total. The molecular weight excluding hydrogens is 402 g/mol. The summed E-state index contributed by atoms with van der Waals surface area (Å²) in [5.41, 5.74) is 1.78. The lowest BCUT2D eigenvalue weighted by atomic mass is 10.2. The van der Waals surface area contributed by atoms with Crippen LogP contribution < -0.4 is 15.0 Å². The van der Waals surface area contributed by atoms with Crippen LogP contribution in [0.3, 0.4) is 0 Å².